The van der Waals surface area contributed by atoms with Crippen molar-refractivity contribution in [1.82, 2.24) is 9.97 Å². The summed E-state index contributed by atoms with van der Waals surface area (Å²) in [7, 11) is 0. The molecule has 2 rings (SSSR count). The monoisotopic (exact) mass is 240 g/mol. The lowest BCUT2D eigenvalue weighted by Crippen LogP contribution is -2.07. The lowest BCUT2D eigenvalue weighted by Gasteiger charge is -2.02. The minimum atomic E-state index is -0.301. The van der Waals surface area contributed by atoms with Crippen LogP contribution >= 0.6 is 23.2 Å². The van der Waals surface area contributed by atoms with Crippen LogP contribution in [0.5, 0.6) is 0 Å². The predicted molar refractivity (Wildman–Crippen MR) is 60.3 cm³/mol. The summed E-state index contributed by atoms with van der Waals surface area (Å²) in [4.78, 5) is 17.7. The summed E-state index contributed by atoms with van der Waals surface area (Å²) >= 11 is 11.6. The van der Waals surface area contributed by atoms with E-state index in [0.29, 0.717) is 16.4 Å². The Hall–Kier alpha value is -1.32. The van der Waals surface area contributed by atoms with Crippen molar-refractivity contribution in [2.45, 2.75) is 0 Å². The third-order valence-electron chi connectivity index (χ3n) is 1.84. The van der Waals surface area contributed by atoms with Gasteiger partial charge in [-0.15, -0.1) is 0 Å². The van der Waals surface area contributed by atoms with Crippen LogP contribution < -0.4 is 5.56 Å². The van der Waals surface area contributed by atoms with Crippen LogP contribution in [0.4, 0.5) is 0 Å². The van der Waals surface area contributed by atoms with E-state index in [-0.39, 0.29) is 10.7 Å². The van der Waals surface area contributed by atoms with Gasteiger partial charge in [-0.1, -0.05) is 35.3 Å². The molecule has 1 aromatic carbocycles. The highest BCUT2D eigenvalue weighted by Crippen LogP contribution is 2.24. The van der Waals surface area contributed by atoms with E-state index in [1.807, 2.05) is 6.07 Å². The molecule has 0 saturated heterocycles. The second-order valence-corrected chi connectivity index (χ2v) is 3.69. The van der Waals surface area contributed by atoms with E-state index < -0.39 is 0 Å². The third kappa shape index (κ3) is 2.19. The normalized spacial score (nSPS) is 10.3. The van der Waals surface area contributed by atoms with Crippen molar-refractivity contribution in [3.05, 3.63) is 50.9 Å². The SMILES string of the molecule is O=c1cc(Cl)nc(-c2ccccc2Cl)[nH]1. The number of nitrogens with zero attached hydrogens (tertiary/aromatic N) is 1. The van der Waals surface area contributed by atoms with Gasteiger partial charge in [-0.25, -0.2) is 4.98 Å². The summed E-state index contributed by atoms with van der Waals surface area (Å²) in [5.41, 5.74) is 0.351. The van der Waals surface area contributed by atoms with Crippen LogP contribution in [0.1, 0.15) is 0 Å². The first kappa shape index (κ1) is 10.2. The topological polar surface area (TPSA) is 45.8 Å². The van der Waals surface area contributed by atoms with Gasteiger partial charge in [0.05, 0.1) is 5.02 Å². The molecule has 1 aromatic heterocycles. The van der Waals surface area contributed by atoms with Gasteiger partial charge in [-0.2, -0.15) is 0 Å². The van der Waals surface area contributed by atoms with Crippen LogP contribution in [0, 0.1) is 0 Å². The fraction of sp³-hybridized carbons (Fsp3) is 0. The standard InChI is InChI=1S/C10H6Cl2N2O/c11-7-4-2-1-3-6(7)10-13-8(12)5-9(15)14-10/h1-5H,(H,13,14,15). The number of halogens is 2. The zero-order chi connectivity index (χ0) is 10.8. The quantitative estimate of drug-likeness (QED) is 0.780. The van der Waals surface area contributed by atoms with Crippen molar-refractivity contribution >= 4 is 23.2 Å². The number of hydrogen-bond acceptors (Lipinski definition) is 2. The fourth-order valence-corrected chi connectivity index (χ4v) is 1.62. The first-order chi connectivity index (χ1) is 7.16. The second kappa shape index (κ2) is 4.04. The summed E-state index contributed by atoms with van der Waals surface area (Å²) in [6, 6.07) is 8.30. The van der Waals surface area contributed by atoms with E-state index in [1.54, 1.807) is 18.2 Å². The summed E-state index contributed by atoms with van der Waals surface area (Å²) in [5, 5.41) is 0.664. The van der Waals surface area contributed by atoms with Crippen LogP contribution in [0.2, 0.25) is 10.2 Å². The molecule has 0 unspecified atom stereocenters. The van der Waals surface area contributed by atoms with Gasteiger partial charge in [0, 0.05) is 11.6 Å². The number of aromatic nitrogens is 2. The highest BCUT2D eigenvalue weighted by atomic mass is 35.5. The van der Waals surface area contributed by atoms with Gasteiger partial charge in [0.25, 0.3) is 5.56 Å². The number of rotatable bonds is 1. The molecule has 0 fully saturated rings. The lowest BCUT2D eigenvalue weighted by molar-refractivity contribution is 1.13. The molecule has 0 aliphatic carbocycles. The Kier molecular flexibility index (Phi) is 2.75. The number of aromatic amines is 1. The zero-order valence-corrected chi connectivity index (χ0v) is 9.01. The van der Waals surface area contributed by atoms with Crippen molar-refractivity contribution in [2.24, 2.45) is 0 Å². The van der Waals surface area contributed by atoms with E-state index in [9.17, 15) is 4.79 Å². The van der Waals surface area contributed by atoms with Crippen molar-refractivity contribution in [1.29, 1.82) is 0 Å². The minimum absolute atomic E-state index is 0.147. The van der Waals surface area contributed by atoms with Gasteiger partial charge < -0.3 is 4.98 Å². The van der Waals surface area contributed by atoms with Gasteiger partial charge in [0.15, 0.2) is 0 Å². The highest BCUT2D eigenvalue weighted by molar-refractivity contribution is 6.33. The lowest BCUT2D eigenvalue weighted by atomic mass is 10.2. The molecule has 0 saturated carbocycles. The van der Waals surface area contributed by atoms with Gasteiger partial charge in [0.1, 0.15) is 11.0 Å². The average molecular weight is 241 g/mol. The van der Waals surface area contributed by atoms with Crippen LogP contribution in [0.3, 0.4) is 0 Å². The molecule has 1 heterocycles. The molecule has 3 nitrogen and oxygen atoms in total. The molecule has 0 aliphatic rings. The van der Waals surface area contributed by atoms with Gasteiger partial charge >= 0.3 is 0 Å². The zero-order valence-electron chi connectivity index (χ0n) is 7.50. The molecule has 76 valence electrons. The molecule has 0 radical (unpaired) electrons. The molecule has 0 atom stereocenters. The van der Waals surface area contributed by atoms with Gasteiger partial charge in [-0.3, -0.25) is 4.79 Å². The summed E-state index contributed by atoms with van der Waals surface area (Å²) in [5.74, 6) is 0.373. The smallest absolute Gasteiger partial charge is 0.252 e. The van der Waals surface area contributed by atoms with Crippen molar-refractivity contribution in [3.8, 4) is 11.4 Å². The first-order valence-electron chi connectivity index (χ1n) is 4.18. The third-order valence-corrected chi connectivity index (χ3v) is 2.36. The van der Waals surface area contributed by atoms with Crippen LogP contribution in [-0.4, -0.2) is 9.97 Å². The maximum Gasteiger partial charge on any atom is 0.252 e. The molecule has 2 aromatic rings. The molecule has 0 spiro atoms. The Bertz CT molecular complexity index is 551. The second-order valence-electron chi connectivity index (χ2n) is 2.90. The average Bonchev–Trinajstić information content (AvgIpc) is 2.16. The fourth-order valence-electron chi connectivity index (χ4n) is 1.21. The Balaban J connectivity index is 2.64. The number of H-pyrrole nitrogens is 1. The van der Waals surface area contributed by atoms with Crippen molar-refractivity contribution < 1.29 is 0 Å². The van der Waals surface area contributed by atoms with E-state index in [0.717, 1.165) is 0 Å². The van der Waals surface area contributed by atoms with E-state index >= 15 is 0 Å². The molecule has 15 heavy (non-hydrogen) atoms. The molecule has 0 bridgehead atoms. The Labute approximate surface area is 95.7 Å². The Morgan fingerprint density at radius 2 is 1.93 bits per heavy atom. The van der Waals surface area contributed by atoms with Gasteiger partial charge in [0.2, 0.25) is 0 Å². The minimum Gasteiger partial charge on any atom is -0.306 e. The molecule has 0 aliphatic heterocycles. The van der Waals surface area contributed by atoms with Crippen molar-refractivity contribution in [2.75, 3.05) is 0 Å². The summed E-state index contributed by atoms with van der Waals surface area (Å²) < 4.78 is 0. The number of hydrogen-bond donors (Lipinski definition) is 1. The maximum absolute atomic E-state index is 11.2. The maximum atomic E-state index is 11.2. The van der Waals surface area contributed by atoms with Crippen LogP contribution in [0.15, 0.2) is 35.1 Å². The number of benzene rings is 1. The summed E-state index contributed by atoms with van der Waals surface area (Å²) in [6.45, 7) is 0. The largest absolute Gasteiger partial charge is 0.306 e. The van der Waals surface area contributed by atoms with E-state index in [4.69, 9.17) is 23.2 Å². The van der Waals surface area contributed by atoms with Crippen LogP contribution in [0.25, 0.3) is 11.4 Å². The Morgan fingerprint density at radius 3 is 2.60 bits per heavy atom. The molecule has 1 N–H and O–H groups in total. The first-order valence-corrected chi connectivity index (χ1v) is 4.94. The highest BCUT2D eigenvalue weighted by Gasteiger charge is 2.05. The van der Waals surface area contributed by atoms with Crippen molar-refractivity contribution in [3.63, 3.8) is 0 Å². The summed E-state index contributed by atoms with van der Waals surface area (Å²) in [6.07, 6.45) is 0. The molecule has 5 heteroatoms. The molecular weight excluding hydrogens is 235 g/mol. The van der Waals surface area contributed by atoms with Crippen LogP contribution in [-0.2, 0) is 0 Å². The Morgan fingerprint density at radius 1 is 1.20 bits per heavy atom. The van der Waals surface area contributed by atoms with Gasteiger partial charge in [-0.05, 0) is 12.1 Å². The number of nitrogens with one attached hydrogen (secondary N) is 1. The molecular formula is C10H6Cl2N2O. The van der Waals surface area contributed by atoms with E-state index in [2.05, 4.69) is 9.97 Å². The predicted octanol–water partition coefficient (Wildman–Crippen LogP) is 2.74. The molecule has 0 amide bonds. The van der Waals surface area contributed by atoms with E-state index in [1.165, 1.54) is 6.07 Å².